The van der Waals surface area contributed by atoms with Crippen LogP contribution in [0.25, 0.3) is 32.7 Å². The normalized spacial score (nSPS) is 23.5. The summed E-state index contributed by atoms with van der Waals surface area (Å²) in [4.78, 5) is 26.6. The molecule has 0 radical (unpaired) electrons. The molecule has 33 heavy (non-hydrogen) atoms. The molecule has 0 spiro atoms. The van der Waals surface area contributed by atoms with Crippen LogP contribution in [0.15, 0.2) is 36.7 Å². The van der Waals surface area contributed by atoms with E-state index < -0.39 is 39.0 Å². The number of aliphatic hydroxyl groups is 2. The summed E-state index contributed by atoms with van der Waals surface area (Å²) in [5, 5.41) is 32.4. The van der Waals surface area contributed by atoms with Gasteiger partial charge in [-0.1, -0.05) is 6.07 Å². The fraction of sp³-hybridized carbons (Fsp3) is 0.250. The second-order valence-corrected chi connectivity index (χ2v) is 8.96. The molecular formula is C20H18N5O7P. The van der Waals surface area contributed by atoms with Gasteiger partial charge in [0.1, 0.15) is 23.8 Å². The van der Waals surface area contributed by atoms with Crippen molar-refractivity contribution in [3.05, 3.63) is 42.2 Å². The second kappa shape index (κ2) is 7.72. The number of aliphatic hydroxyl groups excluding tert-OH is 2. The third-order valence-corrected chi connectivity index (χ3v) is 6.12. The van der Waals surface area contributed by atoms with E-state index in [1.54, 1.807) is 18.2 Å². The number of pyridine rings is 1. The van der Waals surface area contributed by atoms with Crippen LogP contribution in [-0.2, 0) is 13.8 Å². The van der Waals surface area contributed by atoms with Crippen LogP contribution in [0.3, 0.4) is 0 Å². The molecule has 1 unspecified atom stereocenters. The maximum Gasteiger partial charge on any atom is 0.469 e. The molecule has 1 aliphatic rings. The number of nitrogen functional groups attached to an aromatic ring is 1. The number of hydrogen-bond acceptors (Lipinski definition) is 9. The number of nitrogens with zero attached hydrogens (tertiary/aromatic N) is 4. The number of aromatic nitrogens is 3. The lowest BCUT2D eigenvalue weighted by molar-refractivity contribution is -0.0500. The monoisotopic (exact) mass is 471 g/mol. The number of anilines is 1. The molecule has 0 bridgehead atoms. The van der Waals surface area contributed by atoms with Crippen molar-refractivity contribution in [2.24, 2.45) is 0 Å². The molecule has 1 aliphatic heterocycles. The van der Waals surface area contributed by atoms with Crippen molar-refractivity contribution in [2.75, 3.05) is 12.3 Å². The molecule has 1 fully saturated rings. The summed E-state index contributed by atoms with van der Waals surface area (Å²) in [7, 11) is -4.79. The highest BCUT2D eigenvalue weighted by atomic mass is 31.2. The molecule has 13 heteroatoms. The number of hydrogen-bond donors (Lipinski definition) is 5. The summed E-state index contributed by atoms with van der Waals surface area (Å²) < 4.78 is 22.6. The van der Waals surface area contributed by atoms with Crippen molar-refractivity contribution in [1.82, 2.24) is 14.5 Å². The second-order valence-electron chi connectivity index (χ2n) is 7.72. The molecule has 12 nitrogen and oxygen atoms in total. The number of rotatable bonds is 4. The van der Waals surface area contributed by atoms with Crippen molar-refractivity contribution in [3.8, 4) is 6.07 Å². The fourth-order valence-electron chi connectivity index (χ4n) is 4.10. The Hall–Kier alpha value is -3.14. The van der Waals surface area contributed by atoms with E-state index in [1.165, 1.54) is 10.9 Å². The molecule has 0 aliphatic carbocycles. The van der Waals surface area contributed by atoms with Gasteiger partial charge in [-0.15, -0.1) is 0 Å². The van der Waals surface area contributed by atoms with E-state index in [1.807, 2.05) is 12.1 Å². The minimum Gasteiger partial charge on any atom is -0.387 e. The Bertz CT molecular complexity index is 1490. The molecule has 2 aromatic carbocycles. The molecule has 0 saturated carbocycles. The molecule has 6 N–H and O–H groups in total. The van der Waals surface area contributed by atoms with Crippen LogP contribution in [0.2, 0.25) is 0 Å². The highest BCUT2D eigenvalue weighted by Crippen LogP contribution is 2.40. The zero-order chi connectivity index (χ0) is 23.5. The molecule has 4 atom stereocenters. The Kier molecular flexibility index (Phi) is 5.08. The average Bonchev–Trinajstić information content (AvgIpc) is 3.33. The molecule has 1 saturated heterocycles. The van der Waals surface area contributed by atoms with E-state index >= 15 is 0 Å². The third-order valence-electron chi connectivity index (χ3n) is 5.63. The summed E-state index contributed by atoms with van der Waals surface area (Å²) >= 11 is 0. The van der Waals surface area contributed by atoms with E-state index in [2.05, 4.69) is 20.6 Å². The Morgan fingerprint density at radius 2 is 2.00 bits per heavy atom. The number of imidazole rings is 1. The quantitative estimate of drug-likeness (QED) is 0.210. The molecule has 2 aromatic heterocycles. The summed E-state index contributed by atoms with van der Waals surface area (Å²) in [6.45, 7) is -0.627. The molecule has 3 heterocycles. The molecule has 4 aromatic rings. The lowest BCUT2D eigenvalue weighted by Crippen LogP contribution is -2.33. The summed E-state index contributed by atoms with van der Waals surface area (Å²) in [6, 6.07) is 11.0. The van der Waals surface area contributed by atoms with E-state index in [-0.39, 0.29) is 5.82 Å². The van der Waals surface area contributed by atoms with Gasteiger partial charge in [-0.05, 0) is 35.0 Å². The summed E-state index contributed by atoms with van der Waals surface area (Å²) in [6.07, 6.45) is -3.86. The van der Waals surface area contributed by atoms with Crippen molar-refractivity contribution >= 4 is 46.3 Å². The van der Waals surface area contributed by atoms with E-state index in [0.717, 1.165) is 10.8 Å². The van der Waals surface area contributed by atoms with Crippen LogP contribution in [-0.4, -0.2) is 59.5 Å². The molecule has 170 valence electrons. The number of nitrogens with two attached hydrogens (primary N) is 1. The SMILES string of the molecule is N#Cc1ccc2cc3nc(N)c4ncn([C@@H]5O[C@H](COP(=O)(O)O)[C@H](O)C5O)c4c3cc2c1. The highest BCUT2D eigenvalue weighted by molar-refractivity contribution is 7.46. The van der Waals surface area contributed by atoms with Crippen LogP contribution in [0.1, 0.15) is 11.8 Å². The van der Waals surface area contributed by atoms with Gasteiger partial charge in [-0.3, -0.25) is 4.52 Å². The first-order valence-electron chi connectivity index (χ1n) is 9.77. The standard InChI is InChI=1S/C20H18N5O7P/c21-6-9-1-2-10-5-13-12(4-11(10)3-9)16-15(19(22)24-13)23-8-25(16)20-18(27)17(26)14(32-20)7-31-33(28,29)30/h1-5,8,14,17-18,20,26-27H,7H2,(H2,22,24)(H2,28,29,30)/t14-,17+,18?,20-/m1/s1. The van der Waals surface area contributed by atoms with Crippen molar-refractivity contribution in [3.63, 3.8) is 0 Å². The zero-order valence-corrected chi connectivity index (χ0v) is 17.7. The molecule has 5 rings (SSSR count). The topological polar surface area (TPSA) is 197 Å². The number of benzene rings is 2. The van der Waals surface area contributed by atoms with Crippen LogP contribution in [0, 0.1) is 11.3 Å². The molecular weight excluding hydrogens is 453 g/mol. The Balaban J connectivity index is 1.65. The minimum atomic E-state index is -4.79. The lowest BCUT2D eigenvalue weighted by Gasteiger charge is -2.18. The number of ether oxygens (including phenoxy) is 1. The first-order valence-corrected chi connectivity index (χ1v) is 11.3. The lowest BCUT2D eigenvalue weighted by atomic mass is 10.0. The third kappa shape index (κ3) is 3.72. The number of phosphoric ester groups is 1. The Morgan fingerprint density at radius 3 is 2.73 bits per heavy atom. The summed E-state index contributed by atoms with van der Waals surface area (Å²) in [5.74, 6) is 0.152. The zero-order valence-electron chi connectivity index (χ0n) is 16.8. The van der Waals surface area contributed by atoms with Crippen LogP contribution < -0.4 is 5.73 Å². The number of fused-ring (bicyclic) bond motifs is 4. The maximum absolute atomic E-state index is 11.0. The van der Waals surface area contributed by atoms with Gasteiger partial charge in [-0.2, -0.15) is 5.26 Å². The van der Waals surface area contributed by atoms with E-state index in [9.17, 15) is 20.0 Å². The van der Waals surface area contributed by atoms with Gasteiger partial charge >= 0.3 is 7.82 Å². The van der Waals surface area contributed by atoms with Crippen LogP contribution in [0.4, 0.5) is 5.82 Å². The smallest absolute Gasteiger partial charge is 0.387 e. The maximum atomic E-state index is 11.0. The van der Waals surface area contributed by atoms with Crippen molar-refractivity contribution in [1.29, 1.82) is 5.26 Å². The largest absolute Gasteiger partial charge is 0.469 e. The first kappa shape index (κ1) is 21.7. The van der Waals surface area contributed by atoms with Crippen LogP contribution in [0.5, 0.6) is 0 Å². The first-order chi connectivity index (χ1) is 15.7. The van der Waals surface area contributed by atoms with Gasteiger partial charge in [0.05, 0.1) is 35.6 Å². The van der Waals surface area contributed by atoms with Crippen molar-refractivity contribution in [2.45, 2.75) is 24.5 Å². The van der Waals surface area contributed by atoms with Gasteiger partial charge in [0.25, 0.3) is 0 Å². The summed E-state index contributed by atoms with van der Waals surface area (Å²) in [5.41, 5.74) is 7.98. The predicted molar refractivity (Wildman–Crippen MR) is 116 cm³/mol. The van der Waals surface area contributed by atoms with Gasteiger partial charge in [0.2, 0.25) is 0 Å². The fourth-order valence-corrected chi connectivity index (χ4v) is 4.44. The van der Waals surface area contributed by atoms with Crippen LogP contribution >= 0.6 is 7.82 Å². The van der Waals surface area contributed by atoms with Gasteiger partial charge in [0.15, 0.2) is 12.0 Å². The highest BCUT2D eigenvalue weighted by Gasteiger charge is 2.45. The van der Waals surface area contributed by atoms with Crippen molar-refractivity contribution < 1.29 is 33.8 Å². The Morgan fingerprint density at radius 1 is 1.21 bits per heavy atom. The number of phosphoric acid groups is 1. The van der Waals surface area contributed by atoms with Gasteiger partial charge < -0.3 is 35.0 Å². The van der Waals surface area contributed by atoms with Gasteiger partial charge in [-0.25, -0.2) is 14.5 Å². The average molecular weight is 471 g/mol. The predicted octanol–water partition coefficient (Wildman–Crippen LogP) is 0.920. The Labute approximate surface area is 185 Å². The van der Waals surface area contributed by atoms with E-state index in [0.29, 0.717) is 27.5 Å². The molecule has 0 amide bonds. The minimum absolute atomic E-state index is 0.152. The van der Waals surface area contributed by atoms with E-state index in [4.69, 9.17) is 20.3 Å². The number of nitriles is 1. The van der Waals surface area contributed by atoms with Gasteiger partial charge in [0, 0.05) is 5.39 Å².